The Morgan fingerprint density at radius 1 is 1.32 bits per heavy atom. The van der Waals surface area contributed by atoms with E-state index in [1.807, 2.05) is 18.3 Å². The van der Waals surface area contributed by atoms with Gasteiger partial charge in [-0.15, -0.1) is 5.10 Å². The summed E-state index contributed by atoms with van der Waals surface area (Å²) in [6.45, 7) is 0.626. The van der Waals surface area contributed by atoms with E-state index < -0.39 is 0 Å². The van der Waals surface area contributed by atoms with Gasteiger partial charge in [0.1, 0.15) is 0 Å². The topological polar surface area (TPSA) is 53.4 Å². The van der Waals surface area contributed by atoms with Crippen LogP contribution in [0.5, 0.6) is 5.88 Å². The average molecular weight is 372 g/mol. The summed E-state index contributed by atoms with van der Waals surface area (Å²) < 4.78 is 12.5. The second-order valence-electron chi connectivity index (χ2n) is 3.87. The maximum Gasteiger partial charge on any atom is 0.337 e. The van der Waals surface area contributed by atoms with Crippen LogP contribution in [0.4, 0.5) is 0 Å². The van der Waals surface area contributed by atoms with Crippen LogP contribution in [0, 0.1) is 3.57 Å². The molecule has 0 aliphatic rings. The zero-order valence-electron chi connectivity index (χ0n) is 10.6. The van der Waals surface area contributed by atoms with Crippen LogP contribution in [0.15, 0.2) is 30.5 Å². The molecular formula is C13H13IN2O3. The number of carbonyl (C=O) groups excluding carboxylic acids is 1. The average Bonchev–Trinajstić information content (AvgIpc) is 2.78. The van der Waals surface area contributed by atoms with Crippen molar-refractivity contribution in [3.8, 4) is 5.88 Å². The number of methoxy groups -OCH3 is 2. The van der Waals surface area contributed by atoms with Crippen LogP contribution in [0.2, 0.25) is 0 Å². The zero-order valence-corrected chi connectivity index (χ0v) is 12.7. The maximum atomic E-state index is 11.3. The molecular weight excluding hydrogens is 359 g/mol. The lowest BCUT2D eigenvalue weighted by molar-refractivity contribution is 0.0600. The van der Waals surface area contributed by atoms with Gasteiger partial charge in [-0.25, -0.2) is 4.79 Å². The van der Waals surface area contributed by atoms with Gasteiger partial charge in [0, 0.05) is 6.20 Å². The van der Waals surface area contributed by atoms with Crippen LogP contribution >= 0.6 is 22.6 Å². The van der Waals surface area contributed by atoms with Crippen LogP contribution < -0.4 is 4.74 Å². The highest BCUT2D eigenvalue weighted by Gasteiger charge is 2.08. The number of carbonyl (C=O) groups is 1. The fourth-order valence-electron chi connectivity index (χ4n) is 1.65. The van der Waals surface area contributed by atoms with Gasteiger partial charge in [-0.05, 0) is 40.3 Å². The molecule has 0 unspecified atom stereocenters. The van der Waals surface area contributed by atoms with Gasteiger partial charge in [0.2, 0.25) is 5.88 Å². The van der Waals surface area contributed by atoms with Crippen molar-refractivity contribution in [3.63, 3.8) is 0 Å². The van der Waals surface area contributed by atoms with Gasteiger partial charge in [-0.2, -0.15) is 0 Å². The Hall–Kier alpha value is -1.57. The molecule has 6 heteroatoms. The summed E-state index contributed by atoms with van der Waals surface area (Å²) in [5.41, 5.74) is 1.59. The Balaban J connectivity index is 2.12. The van der Waals surface area contributed by atoms with Crippen molar-refractivity contribution >= 4 is 28.6 Å². The molecule has 1 aromatic carbocycles. The minimum absolute atomic E-state index is 0.332. The summed E-state index contributed by atoms with van der Waals surface area (Å²) in [5, 5.41) is 4.29. The summed E-state index contributed by atoms with van der Waals surface area (Å²) >= 11 is 2.17. The number of ether oxygens (including phenoxy) is 2. The molecule has 100 valence electrons. The SMILES string of the molecule is COC(=O)c1ccc(Cn2cc(I)c(OC)n2)cc1. The van der Waals surface area contributed by atoms with Crippen LogP contribution in [0.25, 0.3) is 0 Å². The Morgan fingerprint density at radius 2 is 2.00 bits per heavy atom. The lowest BCUT2D eigenvalue weighted by Gasteiger charge is -2.03. The highest BCUT2D eigenvalue weighted by atomic mass is 127. The molecule has 5 nitrogen and oxygen atoms in total. The van der Waals surface area contributed by atoms with E-state index in [4.69, 9.17) is 4.74 Å². The van der Waals surface area contributed by atoms with E-state index in [-0.39, 0.29) is 5.97 Å². The van der Waals surface area contributed by atoms with Crippen molar-refractivity contribution in [2.24, 2.45) is 0 Å². The smallest absolute Gasteiger partial charge is 0.337 e. The molecule has 0 aliphatic heterocycles. The fraction of sp³-hybridized carbons (Fsp3) is 0.231. The Bertz CT molecular complexity index is 578. The van der Waals surface area contributed by atoms with Crippen molar-refractivity contribution in [3.05, 3.63) is 45.2 Å². The van der Waals surface area contributed by atoms with Gasteiger partial charge in [0.05, 0.1) is 29.9 Å². The van der Waals surface area contributed by atoms with E-state index in [9.17, 15) is 4.79 Å². The van der Waals surface area contributed by atoms with E-state index in [2.05, 4.69) is 32.4 Å². The summed E-state index contributed by atoms with van der Waals surface area (Å²) in [7, 11) is 2.97. The zero-order chi connectivity index (χ0) is 13.8. The highest BCUT2D eigenvalue weighted by molar-refractivity contribution is 14.1. The summed E-state index contributed by atoms with van der Waals surface area (Å²) in [5.74, 6) is 0.286. The molecule has 1 heterocycles. The fourth-order valence-corrected chi connectivity index (χ4v) is 2.30. The van der Waals surface area contributed by atoms with E-state index in [0.717, 1.165) is 9.13 Å². The molecule has 0 fully saturated rings. The number of nitrogens with zero attached hydrogens (tertiary/aromatic N) is 2. The van der Waals surface area contributed by atoms with Crippen LogP contribution in [0.1, 0.15) is 15.9 Å². The summed E-state index contributed by atoms with van der Waals surface area (Å²) in [6, 6.07) is 7.25. The van der Waals surface area contributed by atoms with Gasteiger partial charge >= 0.3 is 5.97 Å². The molecule has 1 aromatic heterocycles. The largest absolute Gasteiger partial charge is 0.479 e. The first-order valence-corrected chi connectivity index (χ1v) is 6.66. The number of hydrogen-bond acceptors (Lipinski definition) is 4. The van der Waals surface area contributed by atoms with E-state index in [0.29, 0.717) is 18.0 Å². The summed E-state index contributed by atoms with van der Waals surface area (Å²) in [4.78, 5) is 11.3. The minimum Gasteiger partial charge on any atom is -0.479 e. The maximum absolute atomic E-state index is 11.3. The third kappa shape index (κ3) is 3.25. The van der Waals surface area contributed by atoms with Gasteiger partial charge in [0.25, 0.3) is 0 Å². The normalized spacial score (nSPS) is 10.3. The Kier molecular flexibility index (Phi) is 4.41. The van der Waals surface area contributed by atoms with Crippen molar-refractivity contribution in [1.29, 1.82) is 0 Å². The lowest BCUT2D eigenvalue weighted by atomic mass is 10.1. The monoisotopic (exact) mass is 372 g/mol. The van der Waals surface area contributed by atoms with Crippen molar-refractivity contribution in [1.82, 2.24) is 9.78 Å². The molecule has 0 aliphatic carbocycles. The van der Waals surface area contributed by atoms with Crippen LogP contribution in [0.3, 0.4) is 0 Å². The second kappa shape index (κ2) is 6.05. The minimum atomic E-state index is -0.332. The predicted octanol–water partition coefficient (Wildman–Crippen LogP) is 2.33. The molecule has 0 radical (unpaired) electrons. The predicted molar refractivity (Wildman–Crippen MR) is 78.4 cm³/mol. The molecule has 2 rings (SSSR count). The Morgan fingerprint density at radius 3 is 2.53 bits per heavy atom. The van der Waals surface area contributed by atoms with Crippen molar-refractivity contribution < 1.29 is 14.3 Å². The molecule has 0 saturated carbocycles. The molecule has 0 atom stereocenters. The first kappa shape index (κ1) is 13.9. The number of rotatable bonds is 4. The van der Waals surface area contributed by atoms with Crippen molar-refractivity contribution in [2.45, 2.75) is 6.54 Å². The number of aromatic nitrogens is 2. The molecule has 2 aromatic rings. The number of halogens is 1. The van der Waals surface area contributed by atoms with E-state index in [1.54, 1.807) is 23.9 Å². The first-order valence-electron chi connectivity index (χ1n) is 5.58. The lowest BCUT2D eigenvalue weighted by Crippen LogP contribution is -2.03. The number of esters is 1. The Labute approximate surface area is 124 Å². The first-order chi connectivity index (χ1) is 9.13. The molecule has 19 heavy (non-hydrogen) atoms. The molecule has 0 N–H and O–H groups in total. The molecule has 0 saturated heterocycles. The van der Waals surface area contributed by atoms with E-state index >= 15 is 0 Å². The van der Waals surface area contributed by atoms with Gasteiger partial charge in [-0.3, -0.25) is 4.68 Å². The number of benzene rings is 1. The quantitative estimate of drug-likeness (QED) is 0.611. The van der Waals surface area contributed by atoms with Crippen LogP contribution in [-0.2, 0) is 11.3 Å². The third-order valence-electron chi connectivity index (χ3n) is 2.60. The van der Waals surface area contributed by atoms with Gasteiger partial charge < -0.3 is 9.47 Å². The highest BCUT2D eigenvalue weighted by Crippen LogP contribution is 2.18. The molecule has 0 amide bonds. The van der Waals surface area contributed by atoms with Gasteiger partial charge in [-0.1, -0.05) is 12.1 Å². The van der Waals surface area contributed by atoms with E-state index in [1.165, 1.54) is 7.11 Å². The number of hydrogen-bond donors (Lipinski definition) is 0. The second-order valence-corrected chi connectivity index (χ2v) is 5.03. The third-order valence-corrected chi connectivity index (χ3v) is 3.34. The molecule has 0 bridgehead atoms. The van der Waals surface area contributed by atoms with Gasteiger partial charge in [0.15, 0.2) is 0 Å². The molecule has 0 spiro atoms. The standard InChI is InChI=1S/C13H13IN2O3/c1-18-12-11(14)8-16(15-12)7-9-3-5-10(6-4-9)13(17)19-2/h3-6,8H,7H2,1-2H3. The van der Waals surface area contributed by atoms with Crippen molar-refractivity contribution in [2.75, 3.05) is 14.2 Å². The summed E-state index contributed by atoms with van der Waals surface area (Å²) in [6.07, 6.45) is 1.91. The van der Waals surface area contributed by atoms with Crippen LogP contribution in [-0.4, -0.2) is 30.0 Å².